The number of nitrogens with two attached hydrogens (primary N) is 1. The van der Waals surface area contributed by atoms with E-state index in [-0.39, 0.29) is 6.10 Å². The minimum atomic E-state index is -0.435. The topological polar surface area (TPSA) is 52.3 Å². The maximum absolute atomic E-state index is 11.3. The molecule has 3 nitrogen and oxygen atoms in total. The highest BCUT2D eigenvalue weighted by Crippen LogP contribution is 2.28. The first-order valence-corrected chi connectivity index (χ1v) is 6.11. The van der Waals surface area contributed by atoms with Crippen LogP contribution in [-0.4, -0.2) is 12.0 Å². The van der Waals surface area contributed by atoms with Crippen LogP contribution in [0, 0.1) is 0 Å². The lowest BCUT2D eigenvalue weighted by Gasteiger charge is -2.15. The summed E-state index contributed by atoms with van der Waals surface area (Å²) in [6, 6.07) is 11.3. The monoisotopic (exact) mass is 243 g/mol. The van der Waals surface area contributed by atoms with Crippen LogP contribution in [0.1, 0.15) is 30.6 Å². The Bertz CT molecular complexity index is 578. The molecule has 0 bridgehead atoms. The lowest BCUT2D eigenvalue weighted by Crippen LogP contribution is -2.13. The number of primary amides is 1. The zero-order chi connectivity index (χ0) is 13.1. The molecule has 0 aromatic heterocycles. The van der Waals surface area contributed by atoms with Crippen LogP contribution in [0.3, 0.4) is 0 Å². The van der Waals surface area contributed by atoms with E-state index in [1.807, 2.05) is 31.2 Å². The fourth-order valence-corrected chi connectivity index (χ4v) is 1.82. The lowest BCUT2D eigenvalue weighted by molar-refractivity contribution is 0.0999. The minimum Gasteiger partial charge on any atom is -0.490 e. The molecule has 0 heterocycles. The van der Waals surface area contributed by atoms with E-state index in [4.69, 9.17) is 10.5 Å². The molecule has 1 amide bonds. The van der Waals surface area contributed by atoms with Gasteiger partial charge in [-0.2, -0.15) is 0 Å². The second-order valence-electron chi connectivity index (χ2n) is 4.40. The predicted octanol–water partition coefficient (Wildman–Crippen LogP) is 3.12. The zero-order valence-corrected chi connectivity index (χ0v) is 10.6. The van der Waals surface area contributed by atoms with Gasteiger partial charge < -0.3 is 10.5 Å². The summed E-state index contributed by atoms with van der Waals surface area (Å²) in [4.78, 5) is 11.3. The average Bonchev–Trinajstić information content (AvgIpc) is 2.38. The molecule has 0 spiro atoms. The van der Waals surface area contributed by atoms with Gasteiger partial charge in [-0.15, -0.1) is 0 Å². The predicted molar refractivity (Wildman–Crippen MR) is 72.8 cm³/mol. The molecule has 0 saturated carbocycles. The molecule has 2 aromatic rings. The number of hydrogen-bond donors (Lipinski definition) is 1. The van der Waals surface area contributed by atoms with Gasteiger partial charge >= 0.3 is 0 Å². The third-order valence-corrected chi connectivity index (χ3v) is 3.01. The summed E-state index contributed by atoms with van der Waals surface area (Å²) >= 11 is 0. The molecule has 0 aliphatic carbocycles. The van der Waals surface area contributed by atoms with Crippen molar-refractivity contribution >= 4 is 16.7 Å². The fourth-order valence-electron chi connectivity index (χ4n) is 1.82. The second kappa shape index (κ2) is 5.08. The Morgan fingerprint density at radius 1 is 1.33 bits per heavy atom. The molecular weight excluding hydrogens is 226 g/mol. The summed E-state index contributed by atoms with van der Waals surface area (Å²) in [6.45, 7) is 4.07. The maximum atomic E-state index is 11.3. The van der Waals surface area contributed by atoms with Crippen LogP contribution in [-0.2, 0) is 0 Å². The summed E-state index contributed by atoms with van der Waals surface area (Å²) < 4.78 is 5.86. The number of carbonyl (C=O) groups is 1. The van der Waals surface area contributed by atoms with Crippen LogP contribution in [0.25, 0.3) is 10.8 Å². The normalized spacial score (nSPS) is 12.3. The fraction of sp³-hybridized carbons (Fsp3) is 0.267. The summed E-state index contributed by atoms with van der Waals surface area (Å²) in [5.41, 5.74) is 5.82. The van der Waals surface area contributed by atoms with E-state index in [1.165, 1.54) is 0 Å². The van der Waals surface area contributed by atoms with Gasteiger partial charge in [0.05, 0.1) is 6.10 Å². The van der Waals surface area contributed by atoms with Crippen molar-refractivity contribution < 1.29 is 9.53 Å². The minimum absolute atomic E-state index is 0.108. The van der Waals surface area contributed by atoms with Crippen LogP contribution in [0.15, 0.2) is 36.4 Å². The first kappa shape index (κ1) is 12.4. The van der Waals surface area contributed by atoms with Gasteiger partial charge in [0.25, 0.3) is 0 Å². The number of hydrogen-bond acceptors (Lipinski definition) is 2. The molecule has 0 saturated heterocycles. The quantitative estimate of drug-likeness (QED) is 0.897. The van der Waals surface area contributed by atoms with Gasteiger partial charge in [-0.1, -0.05) is 31.2 Å². The van der Waals surface area contributed by atoms with Crippen LogP contribution < -0.4 is 10.5 Å². The summed E-state index contributed by atoms with van der Waals surface area (Å²) in [5.74, 6) is 0.283. The number of ether oxygens (including phenoxy) is 1. The average molecular weight is 243 g/mol. The van der Waals surface area contributed by atoms with Crippen molar-refractivity contribution in [2.24, 2.45) is 5.73 Å². The van der Waals surface area contributed by atoms with E-state index < -0.39 is 5.91 Å². The van der Waals surface area contributed by atoms with Crippen molar-refractivity contribution in [3.05, 3.63) is 42.0 Å². The number of benzene rings is 2. The van der Waals surface area contributed by atoms with E-state index in [9.17, 15) is 4.79 Å². The Balaban J connectivity index is 2.57. The summed E-state index contributed by atoms with van der Waals surface area (Å²) in [6.07, 6.45) is 1.02. The van der Waals surface area contributed by atoms with E-state index >= 15 is 0 Å². The van der Waals surface area contributed by atoms with E-state index in [2.05, 4.69) is 6.92 Å². The molecule has 2 N–H and O–H groups in total. The van der Waals surface area contributed by atoms with Crippen molar-refractivity contribution in [2.75, 3.05) is 0 Å². The second-order valence-corrected chi connectivity index (χ2v) is 4.40. The third-order valence-electron chi connectivity index (χ3n) is 3.01. The number of amides is 1. The van der Waals surface area contributed by atoms with E-state index in [1.54, 1.807) is 12.1 Å². The molecule has 0 aliphatic heterocycles. The van der Waals surface area contributed by atoms with Gasteiger partial charge in [0.2, 0.25) is 5.91 Å². The summed E-state index contributed by atoms with van der Waals surface area (Å²) in [7, 11) is 0. The standard InChI is InChI=1S/C15H17NO2/c1-3-10(2)18-14-9-12(15(16)17)8-11-6-4-5-7-13(11)14/h4-10H,3H2,1-2H3,(H2,16,17). The van der Waals surface area contributed by atoms with Gasteiger partial charge in [0.15, 0.2) is 0 Å². The molecule has 0 radical (unpaired) electrons. The molecule has 18 heavy (non-hydrogen) atoms. The molecular formula is C15H17NO2. The van der Waals surface area contributed by atoms with Crippen molar-refractivity contribution in [1.29, 1.82) is 0 Å². The van der Waals surface area contributed by atoms with Gasteiger partial charge in [0, 0.05) is 10.9 Å². The van der Waals surface area contributed by atoms with Gasteiger partial charge in [-0.05, 0) is 30.9 Å². The van der Waals surface area contributed by atoms with Gasteiger partial charge in [-0.3, -0.25) is 4.79 Å². The van der Waals surface area contributed by atoms with Crippen molar-refractivity contribution in [3.63, 3.8) is 0 Å². The van der Waals surface area contributed by atoms with E-state index in [0.29, 0.717) is 5.56 Å². The molecule has 2 rings (SSSR count). The van der Waals surface area contributed by atoms with Crippen molar-refractivity contribution in [3.8, 4) is 5.75 Å². The number of fused-ring (bicyclic) bond motifs is 1. The Morgan fingerprint density at radius 2 is 2.06 bits per heavy atom. The molecule has 1 unspecified atom stereocenters. The summed E-state index contributed by atoms with van der Waals surface area (Å²) in [5, 5.41) is 1.97. The molecule has 1 atom stereocenters. The first-order chi connectivity index (χ1) is 8.61. The highest BCUT2D eigenvalue weighted by molar-refractivity contribution is 6.00. The van der Waals surface area contributed by atoms with Gasteiger partial charge in [-0.25, -0.2) is 0 Å². The smallest absolute Gasteiger partial charge is 0.248 e. The van der Waals surface area contributed by atoms with Crippen molar-refractivity contribution in [1.82, 2.24) is 0 Å². The van der Waals surface area contributed by atoms with Crippen LogP contribution in [0.2, 0.25) is 0 Å². The Hall–Kier alpha value is -2.03. The number of carbonyl (C=O) groups excluding carboxylic acids is 1. The zero-order valence-electron chi connectivity index (χ0n) is 10.6. The van der Waals surface area contributed by atoms with Crippen molar-refractivity contribution in [2.45, 2.75) is 26.4 Å². The first-order valence-electron chi connectivity index (χ1n) is 6.11. The molecule has 2 aromatic carbocycles. The highest BCUT2D eigenvalue weighted by Gasteiger charge is 2.10. The largest absolute Gasteiger partial charge is 0.490 e. The maximum Gasteiger partial charge on any atom is 0.248 e. The molecule has 94 valence electrons. The highest BCUT2D eigenvalue weighted by atomic mass is 16.5. The lowest BCUT2D eigenvalue weighted by atomic mass is 10.1. The Morgan fingerprint density at radius 3 is 2.72 bits per heavy atom. The molecule has 3 heteroatoms. The third kappa shape index (κ3) is 2.45. The Kier molecular flexibility index (Phi) is 3.51. The van der Waals surface area contributed by atoms with E-state index in [0.717, 1.165) is 22.9 Å². The van der Waals surface area contributed by atoms with Gasteiger partial charge in [0.1, 0.15) is 5.75 Å². The van der Waals surface area contributed by atoms with Crippen LogP contribution >= 0.6 is 0 Å². The number of rotatable bonds is 4. The van der Waals surface area contributed by atoms with Crippen LogP contribution in [0.4, 0.5) is 0 Å². The Labute approximate surface area is 107 Å². The molecule has 0 aliphatic rings. The molecule has 0 fully saturated rings. The van der Waals surface area contributed by atoms with Crippen LogP contribution in [0.5, 0.6) is 5.75 Å². The SMILES string of the molecule is CCC(C)Oc1cc(C(N)=O)cc2ccccc12.